The number of benzene rings is 2. The molecule has 0 bridgehead atoms. The summed E-state index contributed by atoms with van der Waals surface area (Å²) >= 11 is 2.77. The number of nitro benzene ring substituents is 1. The third kappa shape index (κ3) is 5.84. The Hall–Kier alpha value is -4.24. The van der Waals surface area contributed by atoms with Gasteiger partial charge in [-0.25, -0.2) is 9.48 Å². The molecule has 15 heteroatoms. The second-order valence-electron chi connectivity index (χ2n) is 8.94. The largest absolute Gasteiger partial charge is 0.456 e. The van der Waals surface area contributed by atoms with E-state index in [1.807, 2.05) is 30.3 Å². The van der Waals surface area contributed by atoms with Crippen molar-refractivity contribution >= 4 is 47.0 Å². The highest BCUT2D eigenvalue weighted by Crippen LogP contribution is 2.42. The van der Waals surface area contributed by atoms with Crippen molar-refractivity contribution in [2.75, 3.05) is 11.5 Å². The fraction of sp³-hybridized carbons (Fsp3) is 0.280. The van der Waals surface area contributed by atoms with Crippen LogP contribution in [0, 0.1) is 10.1 Å². The number of nitrogens with one attached hydrogen (secondary N) is 1. The molecule has 0 radical (unpaired) electrons. The molecule has 40 heavy (non-hydrogen) atoms. The molecule has 2 aliphatic rings. The average Bonchev–Trinajstić information content (AvgIpc) is 3.38. The van der Waals surface area contributed by atoms with E-state index in [2.05, 4.69) is 20.8 Å². The average molecular weight is 582 g/mol. The third-order valence-electron chi connectivity index (χ3n) is 6.24. The molecule has 0 spiro atoms. The molecule has 1 saturated heterocycles. The van der Waals surface area contributed by atoms with Gasteiger partial charge >= 0.3 is 5.97 Å². The van der Waals surface area contributed by atoms with Crippen molar-refractivity contribution in [3.05, 3.63) is 87.1 Å². The van der Waals surface area contributed by atoms with Crippen molar-refractivity contribution in [1.29, 1.82) is 0 Å². The summed E-state index contributed by atoms with van der Waals surface area (Å²) in [4.78, 5) is 51.0. The maximum absolute atomic E-state index is 13.4. The van der Waals surface area contributed by atoms with Crippen LogP contribution in [-0.4, -0.2) is 70.7 Å². The van der Waals surface area contributed by atoms with Gasteiger partial charge in [-0.3, -0.25) is 24.6 Å². The van der Waals surface area contributed by atoms with Crippen molar-refractivity contribution in [2.24, 2.45) is 7.05 Å². The van der Waals surface area contributed by atoms with E-state index in [-0.39, 0.29) is 30.3 Å². The Kier molecular flexibility index (Phi) is 8.11. The fourth-order valence-corrected chi connectivity index (χ4v) is 6.55. The SMILES string of the molecule is Cn1nnnc1SCC1=C(C(=O)OCc2ccc([N+](=O)[O-])cc2)N2C(=O)[C@@H](NC(=O)Cc3ccccc3)[C@H]2SC1. The maximum atomic E-state index is 13.4. The van der Waals surface area contributed by atoms with E-state index in [0.717, 1.165) is 5.56 Å². The number of aryl methyl sites for hydroxylation is 1. The number of tetrazole rings is 1. The zero-order chi connectivity index (χ0) is 28.2. The molecule has 2 aliphatic heterocycles. The highest BCUT2D eigenvalue weighted by Gasteiger charge is 2.54. The van der Waals surface area contributed by atoms with Crippen molar-refractivity contribution in [2.45, 2.75) is 29.6 Å². The summed E-state index contributed by atoms with van der Waals surface area (Å²) in [5.74, 6) is -0.613. The van der Waals surface area contributed by atoms with E-state index >= 15 is 0 Å². The smallest absolute Gasteiger partial charge is 0.355 e. The molecule has 13 nitrogen and oxygen atoms in total. The first-order chi connectivity index (χ1) is 19.3. The van der Waals surface area contributed by atoms with E-state index in [1.165, 1.54) is 57.4 Å². The number of amides is 2. The van der Waals surface area contributed by atoms with Gasteiger partial charge in [0.1, 0.15) is 23.7 Å². The summed E-state index contributed by atoms with van der Waals surface area (Å²) < 4.78 is 7.05. The quantitative estimate of drug-likeness (QED) is 0.122. The van der Waals surface area contributed by atoms with Gasteiger partial charge in [0.15, 0.2) is 0 Å². The van der Waals surface area contributed by atoms with Crippen LogP contribution in [0.3, 0.4) is 0 Å². The van der Waals surface area contributed by atoms with Gasteiger partial charge < -0.3 is 10.1 Å². The van der Waals surface area contributed by atoms with Gasteiger partial charge in [0.2, 0.25) is 11.1 Å². The van der Waals surface area contributed by atoms with Crippen LogP contribution in [0.15, 0.2) is 71.0 Å². The lowest BCUT2D eigenvalue weighted by molar-refractivity contribution is -0.384. The van der Waals surface area contributed by atoms with Gasteiger partial charge in [-0.05, 0) is 39.3 Å². The molecule has 3 aromatic rings. The lowest BCUT2D eigenvalue weighted by Gasteiger charge is -2.49. The minimum Gasteiger partial charge on any atom is -0.456 e. The highest BCUT2D eigenvalue weighted by atomic mass is 32.2. The minimum atomic E-state index is -0.768. The minimum absolute atomic E-state index is 0.0750. The molecule has 2 amide bonds. The van der Waals surface area contributed by atoms with Crippen molar-refractivity contribution in [3.63, 3.8) is 0 Å². The summed E-state index contributed by atoms with van der Waals surface area (Å²) in [5.41, 5.74) is 2.11. The molecular weight excluding hydrogens is 558 g/mol. The molecule has 206 valence electrons. The van der Waals surface area contributed by atoms with E-state index in [9.17, 15) is 24.5 Å². The molecule has 1 fully saturated rings. The number of aromatic nitrogens is 4. The summed E-state index contributed by atoms with van der Waals surface area (Å²) in [6.07, 6.45) is 0.135. The number of esters is 1. The number of hydrogen-bond acceptors (Lipinski definition) is 11. The van der Waals surface area contributed by atoms with Crippen molar-refractivity contribution in [3.8, 4) is 0 Å². The molecule has 3 heterocycles. The zero-order valence-corrected chi connectivity index (χ0v) is 22.8. The predicted octanol–water partition coefficient (Wildman–Crippen LogP) is 1.85. The number of non-ortho nitro benzene ring substituents is 1. The molecule has 2 atom stereocenters. The Bertz CT molecular complexity index is 1480. The standard InChI is InChI=1S/C25H23N7O6S2/c1-30-25(27-28-29-30)40-14-17-13-39-23-20(26-19(33)11-15-5-3-2-4-6-15)22(34)31(23)21(17)24(35)38-12-16-7-9-18(10-8-16)32(36)37/h2-10,20,23H,11-14H2,1H3,(H,26,33)/t20-,23-/m1/s1. The number of β-lactam (4-membered cyclic amide) rings is 1. The van der Waals surface area contributed by atoms with Crippen LogP contribution in [0.1, 0.15) is 11.1 Å². The molecule has 0 unspecified atom stereocenters. The van der Waals surface area contributed by atoms with Crippen LogP contribution in [-0.2, 0) is 39.2 Å². The number of ether oxygens (including phenoxy) is 1. The second-order valence-corrected chi connectivity index (χ2v) is 11.0. The number of thioether (sulfide) groups is 2. The van der Waals surface area contributed by atoms with E-state index in [1.54, 1.807) is 7.05 Å². The molecule has 5 rings (SSSR count). The lowest BCUT2D eigenvalue weighted by Crippen LogP contribution is -2.70. The van der Waals surface area contributed by atoms with E-state index in [4.69, 9.17) is 4.74 Å². The number of carbonyl (C=O) groups excluding carboxylic acids is 3. The van der Waals surface area contributed by atoms with Gasteiger partial charge in [0.25, 0.3) is 11.6 Å². The summed E-state index contributed by atoms with van der Waals surface area (Å²) in [6, 6.07) is 14.1. The fourth-order valence-electron chi connectivity index (χ4n) is 4.21. The van der Waals surface area contributed by atoms with Gasteiger partial charge in [-0.1, -0.05) is 42.1 Å². The van der Waals surface area contributed by atoms with Crippen LogP contribution >= 0.6 is 23.5 Å². The van der Waals surface area contributed by atoms with Crippen LogP contribution in [0.25, 0.3) is 0 Å². The molecule has 0 saturated carbocycles. The second kappa shape index (κ2) is 11.9. The molecule has 0 aliphatic carbocycles. The number of carbonyl (C=O) groups is 3. The topological polar surface area (TPSA) is 162 Å². The number of nitro groups is 1. The van der Waals surface area contributed by atoms with Crippen molar-refractivity contribution < 1.29 is 24.0 Å². The number of rotatable bonds is 10. The molecular formula is C25H23N7O6S2. The first-order valence-corrected chi connectivity index (χ1v) is 14.1. The van der Waals surface area contributed by atoms with Gasteiger partial charge in [0.05, 0.1) is 11.3 Å². The Morgan fingerprint density at radius 2 is 1.93 bits per heavy atom. The van der Waals surface area contributed by atoms with E-state index < -0.39 is 28.2 Å². The monoisotopic (exact) mass is 581 g/mol. The molecule has 1 aromatic heterocycles. The van der Waals surface area contributed by atoms with Gasteiger partial charge in [0, 0.05) is 30.7 Å². The van der Waals surface area contributed by atoms with Crippen LogP contribution < -0.4 is 5.32 Å². The number of hydrogen-bond donors (Lipinski definition) is 1. The van der Waals surface area contributed by atoms with Gasteiger partial charge in [-0.2, -0.15) is 0 Å². The number of nitrogens with zero attached hydrogens (tertiary/aromatic N) is 6. The Morgan fingerprint density at radius 1 is 1.18 bits per heavy atom. The van der Waals surface area contributed by atoms with Crippen LogP contribution in [0.5, 0.6) is 0 Å². The molecule has 1 N–H and O–H groups in total. The Labute approximate surface area is 236 Å². The predicted molar refractivity (Wildman–Crippen MR) is 145 cm³/mol. The Morgan fingerprint density at radius 3 is 2.60 bits per heavy atom. The number of fused-ring (bicyclic) bond motifs is 1. The van der Waals surface area contributed by atoms with Crippen LogP contribution in [0.4, 0.5) is 5.69 Å². The summed E-state index contributed by atoms with van der Waals surface area (Å²) in [6.45, 7) is -0.134. The van der Waals surface area contributed by atoms with Crippen molar-refractivity contribution in [1.82, 2.24) is 30.4 Å². The first kappa shape index (κ1) is 27.3. The maximum Gasteiger partial charge on any atom is 0.355 e. The van der Waals surface area contributed by atoms with E-state index in [0.29, 0.717) is 27.8 Å². The van der Waals surface area contributed by atoms with Gasteiger partial charge in [-0.15, -0.1) is 16.9 Å². The van der Waals surface area contributed by atoms with Crippen LogP contribution in [0.2, 0.25) is 0 Å². The third-order valence-corrected chi connectivity index (χ3v) is 8.67. The summed E-state index contributed by atoms with van der Waals surface area (Å²) in [7, 11) is 1.70. The summed E-state index contributed by atoms with van der Waals surface area (Å²) in [5, 5.41) is 25.2. The lowest BCUT2D eigenvalue weighted by atomic mass is 10.0. The highest BCUT2D eigenvalue weighted by molar-refractivity contribution is 8.01. The first-order valence-electron chi connectivity index (χ1n) is 12.1. The molecule has 2 aromatic carbocycles. The Balaban J connectivity index is 1.31. The normalized spacial score (nSPS) is 18.1. The zero-order valence-electron chi connectivity index (χ0n) is 21.1.